The molecule has 0 aliphatic carbocycles. The molecule has 1 N–H and O–H groups in total. The Morgan fingerprint density at radius 1 is 1.36 bits per heavy atom. The van der Waals surface area contributed by atoms with Crippen LogP contribution in [-0.4, -0.2) is 10.1 Å². The molecule has 60 valence electrons. The van der Waals surface area contributed by atoms with Gasteiger partial charge in [-0.2, -0.15) is 0 Å². The normalized spacial score (nSPS) is 8.91. The first kappa shape index (κ1) is 9.69. The summed E-state index contributed by atoms with van der Waals surface area (Å²) >= 11 is 0. The largest absolute Gasteiger partial charge is 0.506 e. The van der Waals surface area contributed by atoms with Gasteiger partial charge in [-0.05, 0) is 26.0 Å². The first-order valence-corrected chi connectivity index (χ1v) is 3.47. The first-order chi connectivity index (χ1) is 5.31. The van der Waals surface area contributed by atoms with E-state index in [0.717, 1.165) is 0 Å². The minimum atomic E-state index is 0.211. The molecule has 0 unspecified atom stereocenters. The Bertz CT molecular complexity index is 190. The molecule has 0 radical (unpaired) electrons. The minimum Gasteiger partial charge on any atom is -0.506 e. The van der Waals surface area contributed by atoms with E-state index in [1.165, 1.54) is 6.20 Å². The molecule has 0 aromatic carbocycles. The summed E-state index contributed by atoms with van der Waals surface area (Å²) in [6.07, 6.45) is 7.00. The molecular formula is C9H13NO. The molecule has 0 amide bonds. The van der Waals surface area contributed by atoms with Gasteiger partial charge in [0, 0.05) is 6.20 Å². The zero-order valence-corrected chi connectivity index (χ0v) is 6.86. The summed E-state index contributed by atoms with van der Waals surface area (Å²) < 4.78 is 0. The lowest BCUT2D eigenvalue weighted by molar-refractivity contribution is 0.472. The Labute approximate surface area is 67.2 Å². The van der Waals surface area contributed by atoms with Crippen LogP contribution in [0.15, 0.2) is 36.7 Å². The van der Waals surface area contributed by atoms with E-state index < -0.39 is 0 Å². The molecule has 1 aromatic rings. The van der Waals surface area contributed by atoms with Gasteiger partial charge in [0.05, 0.1) is 6.20 Å². The SMILES string of the molecule is C/C=C/C.Oc1cccnc1. The second kappa shape index (κ2) is 6.81. The van der Waals surface area contributed by atoms with Crippen LogP contribution in [0.2, 0.25) is 0 Å². The third-order valence-electron chi connectivity index (χ3n) is 0.979. The highest BCUT2D eigenvalue weighted by Gasteiger charge is 1.76. The Morgan fingerprint density at radius 2 is 2.00 bits per heavy atom. The lowest BCUT2D eigenvalue weighted by Crippen LogP contribution is -1.64. The fraction of sp³-hybridized carbons (Fsp3) is 0.222. The van der Waals surface area contributed by atoms with Gasteiger partial charge >= 0.3 is 0 Å². The number of rotatable bonds is 0. The highest BCUT2D eigenvalue weighted by atomic mass is 16.3. The molecule has 2 nitrogen and oxygen atoms in total. The highest BCUT2D eigenvalue weighted by Crippen LogP contribution is 1.99. The van der Waals surface area contributed by atoms with E-state index in [9.17, 15) is 0 Å². The minimum absolute atomic E-state index is 0.211. The summed E-state index contributed by atoms with van der Waals surface area (Å²) in [5.74, 6) is 0.211. The third kappa shape index (κ3) is 6.58. The van der Waals surface area contributed by atoms with Gasteiger partial charge in [0.25, 0.3) is 0 Å². The number of hydrogen-bond donors (Lipinski definition) is 1. The summed E-state index contributed by atoms with van der Waals surface area (Å²) in [6.45, 7) is 4.00. The van der Waals surface area contributed by atoms with Crippen LogP contribution in [0.5, 0.6) is 5.75 Å². The summed E-state index contributed by atoms with van der Waals surface area (Å²) in [6, 6.07) is 3.25. The van der Waals surface area contributed by atoms with Crippen molar-refractivity contribution in [2.45, 2.75) is 13.8 Å². The van der Waals surface area contributed by atoms with Crippen molar-refractivity contribution in [3.8, 4) is 5.75 Å². The van der Waals surface area contributed by atoms with Crippen molar-refractivity contribution in [2.75, 3.05) is 0 Å². The van der Waals surface area contributed by atoms with E-state index in [0.29, 0.717) is 0 Å². The van der Waals surface area contributed by atoms with Gasteiger partial charge in [-0.1, -0.05) is 12.2 Å². The molecule has 1 aromatic heterocycles. The maximum Gasteiger partial charge on any atom is 0.133 e. The predicted molar refractivity (Wildman–Crippen MR) is 46.4 cm³/mol. The van der Waals surface area contributed by atoms with Crippen LogP contribution in [0.25, 0.3) is 0 Å². The monoisotopic (exact) mass is 151 g/mol. The number of pyridine rings is 1. The fourth-order valence-electron chi connectivity index (χ4n) is 0.354. The van der Waals surface area contributed by atoms with E-state index in [4.69, 9.17) is 5.11 Å². The number of aromatic nitrogens is 1. The van der Waals surface area contributed by atoms with E-state index >= 15 is 0 Å². The van der Waals surface area contributed by atoms with Gasteiger partial charge in [-0.25, -0.2) is 0 Å². The summed E-state index contributed by atoms with van der Waals surface area (Å²) in [5, 5.41) is 8.57. The summed E-state index contributed by atoms with van der Waals surface area (Å²) in [7, 11) is 0. The van der Waals surface area contributed by atoms with E-state index in [1.54, 1.807) is 18.3 Å². The van der Waals surface area contributed by atoms with Crippen LogP contribution in [-0.2, 0) is 0 Å². The van der Waals surface area contributed by atoms with Crippen LogP contribution in [0.4, 0.5) is 0 Å². The Kier molecular flexibility index (Phi) is 5.99. The second-order valence-corrected chi connectivity index (χ2v) is 1.88. The van der Waals surface area contributed by atoms with Crippen LogP contribution < -0.4 is 0 Å². The summed E-state index contributed by atoms with van der Waals surface area (Å²) in [4.78, 5) is 3.63. The molecule has 1 rings (SSSR count). The van der Waals surface area contributed by atoms with Crippen LogP contribution >= 0.6 is 0 Å². The number of nitrogens with zero attached hydrogens (tertiary/aromatic N) is 1. The molecule has 0 saturated heterocycles. The van der Waals surface area contributed by atoms with Gasteiger partial charge in [-0.15, -0.1) is 0 Å². The molecule has 0 aliphatic heterocycles. The molecule has 0 fully saturated rings. The topological polar surface area (TPSA) is 33.1 Å². The number of hydrogen-bond acceptors (Lipinski definition) is 2. The van der Waals surface area contributed by atoms with Gasteiger partial charge in [-0.3, -0.25) is 4.98 Å². The molecular weight excluding hydrogens is 138 g/mol. The van der Waals surface area contributed by atoms with Crippen molar-refractivity contribution in [3.63, 3.8) is 0 Å². The van der Waals surface area contributed by atoms with E-state index in [2.05, 4.69) is 4.98 Å². The first-order valence-electron chi connectivity index (χ1n) is 3.47. The van der Waals surface area contributed by atoms with Gasteiger partial charge in [0.1, 0.15) is 5.75 Å². The van der Waals surface area contributed by atoms with Crippen molar-refractivity contribution < 1.29 is 5.11 Å². The van der Waals surface area contributed by atoms with Crippen molar-refractivity contribution in [1.29, 1.82) is 0 Å². The highest BCUT2D eigenvalue weighted by molar-refractivity contribution is 5.12. The van der Waals surface area contributed by atoms with Gasteiger partial charge in [0.2, 0.25) is 0 Å². The number of allylic oxidation sites excluding steroid dienone is 2. The molecule has 0 saturated carbocycles. The smallest absolute Gasteiger partial charge is 0.133 e. The van der Waals surface area contributed by atoms with Crippen molar-refractivity contribution in [2.24, 2.45) is 0 Å². The second-order valence-electron chi connectivity index (χ2n) is 1.88. The molecule has 0 aliphatic rings. The van der Waals surface area contributed by atoms with Gasteiger partial charge < -0.3 is 5.11 Å². The third-order valence-corrected chi connectivity index (χ3v) is 0.979. The Balaban J connectivity index is 0.000000218. The number of aromatic hydroxyl groups is 1. The Hall–Kier alpha value is -1.31. The lowest BCUT2D eigenvalue weighted by atomic mass is 10.5. The molecule has 0 bridgehead atoms. The maximum absolute atomic E-state index is 8.57. The van der Waals surface area contributed by atoms with Crippen LogP contribution in [0.3, 0.4) is 0 Å². The zero-order valence-electron chi connectivity index (χ0n) is 6.86. The zero-order chi connectivity index (χ0) is 8.53. The molecule has 0 spiro atoms. The van der Waals surface area contributed by atoms with Gasteiger partial charge in [0.15, 0.2) is 0 Å². The average molecular weight is 151 g/mol. The standard InChI is InChI=1S/C5H5NO.C4H8/c7-5-2-1-3-6-4-5;1-3-4-2/h1-4,7H;3-4H,1-2H3/b;4-3+. The maximum atomic E-state index is 8.57. The van der Waals surface area contributed by atoms with Crippen molar-refractivity contribution in [3.05, 3.63) is 36.7 Å². The molecule has 0 atom stereocenters. The molecule has 2 heteroatoms. The average Bonchev–Trinajstić information content (AvgIpc) is 2.07. The van der Waals surface area contributed by atoms with Crippen LogP contribution in [0, 0.1) is 0 Å². The molecule has 11 heavy (non-hydrogen) atoms. The lowest BCUT2D eigenvalue weighted by Gasteiger charge is -1.81. The quantitative estimate of drug-likeness (QED) is 0.577. The van der Waals surface area contributed by atoms with Crippen LogP contribution in [0.1, 0.15) is 13.8 Å². The van der Waals surface area contributed by atoms with Crippen molar-refractivity contribution in [1.82, 2.24) is 4.98 Å². The van der Waals surface area contributed by atoms with Crippen molar-refractivity contribution >= 4 is 0 Å². The fourth-order valence-corrected chi connectivity index (χ4v) is 0.354. The predicted octanol–water partition coefficient (Wildman–Crippen LogP) is 2.37. The Morgan fingerprint density at radius 3 is 2.18 bits per heavy atom. The van der Waals surface area contributed by atoms with E-state index in [1.807, 2.05) is 26.0 Å². The summed E-state index contributed by atoms with van der Waals surface area (Å²) in [5.41, 5.74) is 0. The van der Waals surface area contributed by atoms with E-state index in [-0.39, 0.29) is 5.75 Å². The molecule has 1 heterocycles.